The number of carboxylic acid groups (broad SMARTS) is 1. The zero-order valence-corrected chi connectivity index (χ0v) is 14.3. The highest BCUT2D eigenvalue weighted by molar-refractivity contribution is 7.09. The van der Waals surface area contributed by atoms with E-state index in [9.17, 15) is 14.7 Å². The van der Waals surface area contributed by atoms with Crippen LogP contribution in [0.15, 0.2) is 40.6 Å². The molecule has 3 aromatic rings. The first-order valence-corrected chi connectivity index (χ1v) is 8.75. The quantitative estimate of drug-likeness (QED) is 0.639. The van der Waals surface area contributed by atoms with Crippen LogP contribution in [0, 0.1) is 0 Å². The lowest BCUT2D eigenvalue weighted by atomic mass is 9.94. The summed E-state index contributed by atoms with van der Waals surface area (Å²) < 4.78 is 5.25. The van der Waals surface area contributed by atoms with Crippen molar-refractivity contribution in [2.75, 3.05) is 25.0 Å². The SMILES string of the molecule is O=C(O)N1CCNCC1(C(=O)Nc1ccc2ncoc2c1)c1nccs1. The molecular weight excluding hydrogens is 358 g/mol. The van der Waals surface area contributed by atoms with E-state index in [-0.39, 0.29) is 13.1 Å². The van der Waals surface area contributed by atoms with Crippen LogP contribution in [0.1, 0.15) is 5.01 Å². The first kappa shape index (κ1) is 16.5. The fourth-order valence-electron chi connectivity index (χ4n) is 3.09. The molecule has 9 nitrogen and oxygen atoms in total. The molecule has 2 aromatic heterocycles. The molecule has 1 aromatic carbocycles. The average Bonchev–Trinajstić information content (AvgIpc) is 3.33. The number of oxazole rings is 1. The molecule has 1 saturated heterocycles. The van der Waals surface area contributed by atoms with Crippen LogP contribution in [0.2, 0.25) is 0 Å². The van der Waals surface area contributed by atoms with Gasteiger partial charge in [-0.05, 0) is 12.1 Å². The van der Waals surface area contributed by atoms with E-state index >= 15 is 0 Å². The highest BCUT2D eigenvalue weighted by atomic mass is 32.1. The Hall–Kier alpha value is -2.98. The summed E-state index contributed by atoms with van der Waals surface area (Å²) in [6, 6.07) is 5.06. The number of aromatic nitrogens is 2. The minimum atomic E-state index is -1.44. The van der Waals surface area contributed by atoms with Crippen molar-refractivity contribution in [2.24, 2.45) is 0 Å². The molecule has 1 aliphatic rings. The maximum atomic E-state index is 13.2. The number of amides is 2. The molecule has 1 aliphatic heterocycles. The van der Waals surface area contributed by atoms with Gasteiger partial charge < -0.3 is 20.2 Å². The van der Waals surface area contributed by atoms with Crippen molar-refractivity contribution < 1.29 is 19.1 Å². The van der Waals surface area contributed by atoms with Crippen LogP contribution >= 0.6 is 11.3 Å². The zero-order chi connectivity index (χ0) is 18.1. The third-order valence-electron chi connectivity index (χ3n) is 4.34. The summed E-state index contributed by atoms with van der Waals surface area (Å²) >= 11 is 1.25. The van der Waals surface area contributed by atoms with Crippen molar-refractivity contribution >= 4 is 40.1 Å². The third kappa shape index (κ3) is 2.59. The van der Waals surface area contributed by atoms with Gasteiger partial charge in [-0.3, -0.25) is 9.69 Å². The molecule has 3 N–H and O–H groups in total. The Morgan fingerprint density at radius 2 is 2.27 bits per heavy atom. The number of hydrogen-bond donors (Lipinski definition) is 3. The topological polar surface area (TPSA) is 121 Å². The first-order chi connectivity index (χ1) is 12.6. The number of nitrogens with zero attached hydrogens (tertiary/aromatic N) is 3. The van der Waals surface area contributed by atoms with E-state index in [2.05, 4.69) is 20.6 Å². The number of rotatable bonds is 3. The third-order valence-corrected chi connectivity index (χ3v) is 5.26. The molecule has 4 rings (SSSR count). The lowest BCUT2D eigenvalue weighted by molar-refractivity contribution is -0.128. The minimum absolute atomic E-state index is 0.142. The van der Waals surface area contributed by atoms with E-state index in [1.165, 1.54) is 17.7 Å². The Labute approximate surface area is 151 Å². The van der Waals surface area contributed by atoms with E-state index < -0.39 is 17.5 Å². The van der Waals surface area contributed by atoms with E-state index in [1.54, 1.807) is 29.8 Å². The smallest absolute Gasteiger partial charge is 0.408 e. The number of fused-ring (bicyclic) bond motifs is 1. The van der Waals surface area contributed by atoms with Crippen LogP contribution < -0.4 is 10.6 Å². The molecule has 1 atom stereocenters. The maximum Gasteiger partial charge on any atom is 0.408 e. The molecule has 1 unspecified atom stereocenters. The van der Waals surface area contributed by atoms with E-state index in [1.807, 2.05) is 0 Å². The Morgan fingerprint density at radius 1 is 1.38 bits per heavy atom. The van der Waals surface area contributed by atoms with Gasteiger partial charge in [0.15, 0.2) is 17.5 Å². The van der Waals surface area contributed by atoms with Gasteiger partial charge in [0, 0.05) is 43.0 Å². The summed E-state index contributed by atoms with van der Waals surface area (Å²) in [7, 11) is 0. The lowest BCUT2D eigenvalue weighted by Gasteiger charge is -2.42. The molecular formula is C16H15N5O4S. The first-order valence-electron chi connectivity index (χ1n) is 7.87. The van der Waals surface area contributed by atoms with Gasteiger partial charge in [-0.2, -0.15) is 0 Å². The van der Waals surface area contributed by atoms with E-state index in [0.29, 0.717) is 28.3 Å². The molecule has 0 spiro atoms. The largest absolute Gasteiger partial charge is 0.465 e. The normalized spacial score (nSPS) is 20.2. The van der Waals surface area contributed by atoms with Gasteiger partial charge in [0.1, 0.15) is 10.5 Å². The number of benzene rings is 1. The van der Waals surface area contributed by atoms with Crippen molar-refractivity contribution in [3.8, 4) is 0 Å². The minimum Gasteiger partial charge on any atom is -0.465 e. The predicted octanol–water partition coefficient (Wildman–Crippen LogP) is 1.70. The van der Waals surface area contributed by atoms with Gasteiger partial charge >= 0.3 is 6.09 Å². The molecule has 0 radical (unpaired) electrons. The molecule has 134 valence electrons. The number of thiazole rings is 1. The van der Waals surface area contributed by atoms with Crippen molar-refractivity contribution in [2.45, 2.75) is 5.54 Å². The molecule has 0 aliphatic carbocycles. The fourth-order valence-corrected chi connectivity index (χ4v) is 3.93. The second-order valence-corrected chi connectivity index (χ2v) is 6.69. The monoisotopic (exact) mass is 373 g/mol. The van der Waals surface area contributed by atoms with Crippen LogP contribution in [0.25, 0.3) is 11.1 Å². The van der Waals surface area contributed by atoms with Gasteiger partial charge in [-0.25, -0.2) is 14.8 Å². The van der Waals surface area contributed by atoms with Gasteiger partial charge in [-0.15, -0.1) is 11.3 Å². The van der Waals surface area contributed by atoms with Gasteiger partial charge in [0.2, 0.25) is 0 Å². The van der Waals surface area contributed by atoms with Crippen molar-refractivity contribution in [1.29, 1.82) is 0 Å². The van der Waals surface area contributed by atoms with Crippen LogP contribution in [-0.4, -0.2) is 51.6 Å². The van der Waals surface area contributed by atoms with Gasteiger partial charge in [0.25, 0.3) is 5.91 Å². The fraction of sp³-hybridized carbons (Fsp3) is 0.250. The number of hydrogen-bond acceptors (Lipinski definition) is 7. The predicted molar refractivity (Wildman–Crippen MR) is 94.0 cm³/mol. The highest BCUT2D eigenvalue weighted by Gasteiger charge is 2.51. The van der Waals surface area contributed by atoms with Gasteiger partial charge in [0.05, 0.1) is 0 Å². The molecule has 0 bridgehead atoms. The van der Waals surface area contributed by atoms with Gasteiger partial charge in [-0.1, -0.05) is 0 Å². The molecule has 2 amide bonds. The van der Waals surface area contributed by atoms with Crippen LogP contribution in [-0.2, 0) is 10.3 Å². The summed E-state index contributed by atoms with van der Waals surface area (Å²) in [5.41, 5.74) is 0.257. The molecule has 10 heteroatoms. The number of carbonyl (C=O) groups is 2. The second-order valence-electron chi connectivity index (χ2n) is 5.80. The zero-order valence-electron chi connectivity index (χ0n) is 13.5. The van der Waals surface area contributed by atoms with Crippen LogP contribution in [0.3, 0.4) is 0 Å². The summed E-state index contributed by atoms with van der Waals surface area (Å²) in [6.45, 7) is 0.795. The Bertz CT molecular complexity index is 957. The standard InChI is InChI=1S/C16H15N5O4S/c22-13(20-10-1-2-11-12(7-10)25-9-19-11)16(14-18-4-6-26-14)8-17-3-5-21(16)15(23)24/h1-2,4,6-7,9,17H,3,5,8H2,(H,20,22)(H,23,24). The number of piperazine rings is 1. The average molecular weight is 373 g/mol. The Morgan fingerprint density at radius 3 is 3.04 bits per heavy atom. The number of anilines is 1. The van der Waals surface area contributed by atoms with E-state index in [0.717, 1.165) is 4.90 Å². The van der Waals surface area contributed by atoms with Crippen LogP contribution in [0.4, 0.5) is 10.5 Å². The van der Waals surface area contributed by atoms with E-state index in [4.69, 9.17) is 4.42 Å². The van der Waals surface area contributed by atoms with Crippen molar-refractivity contribution in [1.82, 2.24) is 20.2 Å². The lowest BCUT2D eigenvalue weighted by Crippen LogP contribution is -2.65. The molecule has 0 saturated carbocycles. The Balaban J connectivity index is 1.73. The highest BCUT2D eigenvalue weighted by Crippen LogP contribution is 2.33. The molecule has 3 heterocycles. The summed E-state index contributed by atoms with van der Waals surface area (Å²) in [4.78, 5) is 34.5. The summed E-state index contributed by atoms with van der Waals surface area (Å²) in [6.07, 6.45) is 1.72. The van der Waals surface area contributed by atoms with Crippen molar-refractivity contribution in [3.05, 3.63) is 41.2 Å². The molecule has 26 heavy (non-hydrogen) atoms. The molecule has 1 fully saturated rings. The Kier molecular flexibility index (Phi) is 4.05. The number of carbonyl (C=O) groups excluding carboxylic acids is 1. The summed E-state index contributed by atoms with van der Waals surface area (Å²) in [5, 5.41) is 17.7. The second kappa shape index (κ2) is 6.39. The van der Waals surface area contributed by atoms with Crippen molar-refractivity contribution in [3.63, 3.8) is 0 Å². The number of nitrogens with one attached hydrogen (secondary N) is 2. The maximum absolute atomic E-state index is 13.2. The van der Waals surface area contributed by atoms with Crippen LogP contribution in [0.5, 0.6) is 0 Å². The summed E-state index contributed by atoms with van der Waals surface area (Å²) in [5.74, 6) is -0.471.